The monoisotopic (exact) mass is 483 g/mol. The smallest absolute Gasteiger partial charge is 0.198 e. The van der Waals surface area contributed by atoms with Crippen LogP contribution in [-0.4, -0.2) is 11.4 Å². The molecule has 0 N–H and O–H groups in total. The van der Waals surface area contributed by atoms with Crippen molar-refractivity contribution in [2.75, 3.05) is 6.54 Å². The molecule has 0 bridgehead atoms. The van der Waals surface area contributed by atoms with Crippen molar-refractivity contribution >= 4 is 11.3 Å². The Morgan fingerprint density at radius 1 is 0.784 bits per heavy atom. The Morgan fingerprint density at radius 3 is 2.08 bits per heavy atom. The molecule has 1 unspecified atom stereocenters. The van der Waals surface area contributed by atoms with Gasteiger partial charge >= 0.3 is 0 Å². The van der Waals surface area contributed by atoms with E-state index >= 15 is 0 Å². The fourth-order valence-electron chi connectivity index (χ4n) is 5.53. The Hall–Kier alpha value is -4.04. The highest BCUT2D eigenvalue weighted by Crippen LogP contribution is 2.52. The second-order valence-electron chi connectivity index (χ2n) is 10.0. The molecule has 3 aliphatic rings. The van der Waals surface area contributed by atoms with E-state index in [9.17, 15) is 0 Å². The number of ether oxygens (including phenoxy) is 1. The Bertz CT molecular complexity index is 1410. The largest absolute Gasteiger partial charge is 0.465 e. The van der Waals surface area contributed by atoms with Gasteiger partial charge in [-0.1, -0.05) is 128 Å². The van der Waals surface area contributed by atoms with E-state index in [0.717, 1.165) is 25.1 Å². The van der Waals surface area contributed by atoms with Crippen molar-refractivity contribution in [2.24, 2.45) is 5.92 Å². The summed E-state index contributed by atoms with van der Waals surface area (Å²) in [5.74, 6) is 1.22. The quantitative estimate of drug-likeness (QED) is 0.333. The number of benzene rings is 3. The lowest BCUT2D eigenvalue weighted by atomic mass is 9.92. The topological polar surface area (TPSA) is 12.5 Å². The van der Waals surface area contributed by atoms with Crippen LogP contribution in [-0.2, 0) is 4.74 Å². The zero-order valence-corrected chi connectivity index (χ0v) is 21.6. The van der Waals surface area contributed by atoms with Crippen molar-refractivity contribution < 1.29 is 4.74 Å². The average molecular weight is 484 g/mol. The second-order valence-corrected chi connectivity index (χ2v) is 10.0. The fourth-order valence-corrected chi connectivity index (χ4v) is 5.53. The number of rotatable bonds is 7. The molecule has 0 saturated heterocycles. The van der Waals surface area contributed by atoms with Gasteiger partial charge in [0.05, 0.1) is 5.70 Å². The highest BCUT2D eigenvalue weighted by atomic mass is 16.5. The van der Waals surface area contributed by atoms with Gasteiger partial charge in [0.15, 0.2) is 6.23 Å². The fraction of sp³-hybridized carbons (Fsp3) is 0.200. The van der Waals surface area contributed by atoms with Gasteiger partial charge in [-0.2, -0.15) is 0 Å². The van der Waals surface area contributed by atoms with Crippen molar-refractivity contribution in [2.45, 2.75) is 32.9 Å². The van der Waals surface area contributed by atoms with E-state index in [1.165, 1.54) is 44.7 Å². The van der Waals surface area contributed by atoms with Crippen LogP contribution in [0.3, 0.4) is 0 Å². The molecule has 0 fully saturated rings. The van der Waals surface area contributed by atoms with E-state index in [-0.39, 0.29) is 12.1 Å². The van der Waals surface area contributed by atoms with Crippen LogP contribution in [0.4, 0.5) is 0 Å². The van der Waals surface area contributed by atoms with Crippen LogP contribution in [0.25, 0.3) is 11.3 Å². The second kappa shape index (κ2) is 10.1. The predicted molar refractivity (Wildman–Crippen MR) is 153 cm³/mol. The number of allylic oxidation sites excluding steroid dienone is 7. The first kappa shape index (κ1) is 23.4. The average Bonchev–Trinajstić information content (AvgIpc) is 3.61. The maximum atomic E-state index is 7.10. The Labute approximate surface area is 220 Å². The summed E-state index contributed by atoms with van der Waals surface area (Å²) < 4.78 is 7.10. The van der Waals surface area contributed by atoms with E-state index < -0.39 is 0 Å². The molecule has 37 heavy (non-hydrogen) atoms. The summed E-state index contributed by atoms with van der Waals surface area (Å²) in [4.78, 5) is 2.50. The zero-order chi connectivity index (χ0) is 25.2. The van der Waals surface area contributed by atoms with E-state index in [1.807, 2.05) is 0 Å². The minimum Gasteiger partial charge on any atom is -0.465 e. The molecule has 0 spiro atoms. The predicted octanol–water partition coefficient (Wildman–Crippen LogP) is 8.63. The lowest BCUT2D eigenvalue weighted by Crippen LogP contribution is -2.35. The zero-order valence-electron chi connectivity index (χ0n) is 21.6. The van der Waals surface area contributed by atoms with Crippen LogP contribution in [0.5, 0.6) is 0 Å². The molecule has 6 rings (SSSR count). The lowest BCUT2D eigenvalue weighted by molar-refractivity contribution is 0.00198. The molecule has 1 atom stereocenters. The number of unbranched alkanes of at least 4 members (excludes halogenated alkanes) is 1. The van der Waals surface area contributed by atoms with Crippen molar-refractivity contribution in [3.8, 4) is 0 Å². The highest BCUT2D eigenvalue weighted by Gasteiger charge is 2.40. The van der Waals surface area contributed by atoms with Gasteiger partial charge in [0.25, 0.3) is 0 Å². The SMILES string of the molecule is CCCCN1C(c2ccccc2)=C2C(c3ccccc3)=CC(C3C=CC=C3)=C2OC1c1ccc(C)cc1. The third-order valence-corrected chi connectivity index (χ3v) is 7.45. The van der Waals surface area contributed by atoms with Crippen molar-refractivity contribution in [1.29, 1.82) is 0 Å². The van der Waals surface area contributed by atoms with E-state index in [1.54, 1.807) is 0 Å². The lowest BCUT2D eigenvalue weighted by Gasteiger charge is -2.42. The highest BCUT2D eigenvalue weighted by molar-refractivity contribution is 5.98. The molecule has 0 radical (unpaired) electrons. The standard InChI is InChI=1S/C35H33NO/c1-3-4-23-36-33(28-17-9-6-10-18-28)32-30(26-13-7-5-8-14-26)24-31(27-15-11-12-16-27)34(32)37-35(36)29-21-19-25(2)20-22-29/h5-22,24,27,35H,3-4,23H2,1-2H3. The van der Waals surface area contributed by atoms with E-state index in [0.29, 0.717) is 0 Å². The van der Waals surface area contributed by atoms with Gasteiger partial charge in [-0.25, -0.2) is 0 Å². The Morgan fingerprint density at radius 2 is 1.43 bits per heavy atom. The third kappa shape index (κ3) is 4.38. The van der Waals surface area contributed by atoms with Crippen LogP contribution in [0.15, 0.2) is 132 Å². The molecule has 3 aromatic carbocycles. The summed E-state index contributed by atoms with van der Waals surface area (Å²) in [6.07, 6.45) is 13.2. The van der Waals surface area contributed by atoms with Gasteiger partial charge in [0.2, 0.25) is 0 Å². The minimum atomic E-state index is -0.186. The maximum Gasteiger partial charge on any atom is 0.198 e. The van der Waals surface area contributed by atoms with Gasteiger partial charge in [-0.05, 0) is 36.1 Å². The molecular formula is C35H33NO. The summed E-state index contributed by atoms with van der Waals surface area (Å²) in [5.41, 5.74) is 9.84. The van der Waals surface area contributed by atoms with Gasteiger partial charge in [-0.15, -0.1) is 0 Å². The first-order valence-electron chi connectivity index (χ1n) is 13.4. The van der Waals surface area contributed by atoms with Gasteiger partial charge in [-0.3, -0.25) is 0 Å². The number of hydrogen-bond acceptors (Lipinski definition) is 2. The number of hydrogen-bond donors (Lipinski definition) is 0. The summed E-state index contributed by atoms with van der Waals surface area (Å²) in [7, 11) is 0. The molecule has 2 nitrogen and oxygen atoms in total. The Balaban J connectivity index is 1.63. The molecule has 0 aromatic heterocycles. The molecule has 2 heteroatoms. The number of nitrogens with zero attached hydrogens (tertiary/aromatic N) is 1. The normalized spacial score (nSPS) is 18.9. The molecular weight excluding hydrogens is 450 g/mol. The molecule has 0 amide bonds. The van der Waals surface area contributed by atoms with Crippen molar-refractivity contribution in [3.63, 3.8) is 0 Å². The summed E-state index contributed by atoms with van der Waals surface area (Å²) >= 11 is 0. The van der Waals surface area contributed by atoms with Crippen LogP contribution in [0.2, 0.25) is 0 Å². The van der Waals surface area contributed by atoms with Crippen LogP contribution in [0, 0.1) is 12.8 Å². The van der Waals surface area contributed by atoms with Crippen LogP contribution in [0.1, 0.15) is 48.2 Å². The minimum absolute atomic E-state index is 0.186. The number of aryl methyl sites for hydroxylation is 1. The van der Waals surface area contributed by atoms with Gasteiger partial charge in [0.1, 0.15) is 5.76 Å². The van der Waals surface area contributed by atoms with Gasteiger partial charge in [0, 0.05) is 29.2 Å². The first-order valence-corrected chi connectivity index (χ1v) is 13.4. The van der Waals surface area contributed by atoms with Crippen LogP contribution >= 0.6 is 0 Å². The first-order chi connectivity index (χ1) is 18.2. The molecule has 0 saturated carbocycles. The van der Waals surface area contributed by atoms with Gasteiger partial charge < -0.3 is 9.64 Å². The summed E-state index contributed by atoms with van der Waals surface area (Å²) in [6, 6.07) is 30.5. The van der Waals surface area contributed by atoms with Crippen molar-refractivity contribution in [1.82, 2.24) is 4.90 Å². The maximum absolute atomic E-state index is 7.10. The molecule has 2 aliphatic carbocycles. The Kier molecular flexibility index (Phi) is 6.40. The molecule has 1 aliphatic heterocycles. The van der Waals surface area contributed by atoms with Crippen LogP contribution < -0.4 is 0 Å². The third-order valence-electron chi connectivity index (χ3n) is 7.45. The summed E-state index contributed by atoms with van der Waals surface area (Å²) in [6.45, 7) is 5.32. The van der Waals surface area contributed by atoms with E-state index in [2.05, 4.69) is 134 Å². The number of fused-ring (bicyclic) bond motifs is 1. The molecule has 1 heterocycles. The molecule has 184 valence electrons. The molecule has 3 aromatic rings. The summed E-state index contributed by atoms with van der Waals surface area (Å²) in [5, 5.41) is 0. The van der Waals surface area contributed by atoms with Crippen molar-refractivity contribution in [3.05, 3.63) is 154 Å². The van der Waals surface area contributed by atoms with E-state index in [4.69, 9.17) is 4.74 Å².